The normalized spacial score (nSPS) is 18.4. The maximum Gasteiger partial charge on any atom is 0.244 e. The van der Waals surface area contributed by atoms with Crippen LogP contribution in [-0.4, -0.2) is 25.3 Å². The minimum atomic E-state index is -3.66. The van der Waals surface area contributed by atoms with Gasteiger partial charge in [0.15, 0.2) is 0 Å². The van der Waals surface area contributed by atoms with Crippen LogP contribution < -0.4 is 0 Å². The zero-order valence-electron chi connectivity index (χ0n) is 12.3. The molecule has 6 heteroatoms. The van der Waals surface area contributed by atoms with E-state index in [2.05, 4.69) is 22.0 Å². The largest absolute Gasteiger partial charge is 0.244 e. The second-order valence-electron chi connectivity index (χ2n) is 5.59. The van der Waals surface area contributed by atoms with E-state index in [1.807, 2.05) is 6.92 Å². The lowest BCUT2D eigenvalue weighted by Gasteiger charge is -2.38. The first kappa shape index (κ1) is 16.5. The first-order valence-electron chi connectivity index (χ1n) is 7.00. The molecule has 0 aromatic heterocycles. The number of aryl methyl sites for hydroxylation is 1. The molecular weight excluding hydrogens is 352 g/mol. The highest BCUT2D eigenvalue weighted by Crippen LogP contribution is 2.36. The molecule has 0 unspecified atom stereocenters. The van der Waals surface area contributed by atoms with Gasteiger partial charge in [0.25, 0.3) is 0 Å². The lowest BCUT2D eigenvalue weighted by molar-refractivity contribution is 0.212. The van der Waals surface area contributed by atoms with E-state index >= 15 is 0 Å². The number of rotatable bonds is 3. The van der Waals surface area contributed by atoms with Crippen molar-refractivity contribution in [3.8, 4) is 6.07 Å². The van der Waals surface area contributed by atoms with E-state index in [1.54, 1.807) is 18.2 Å². The van der Waals surface area contributed by atoms with Crippen LogP contribution in [-0.2, 0) is 10.0 Å². The second-order valence-corrected chi connectivity index (χ2v) is 8.41. The molecule has 1 aliphatic carbocycles. The minimum absolute atomic E-state index is 0.242. The first-order chi connectivity index (χ1) is 9.83. The van der Waals surface area contributed by atoms with E-state index in [0.29, 0.717) is 12.8 Å². The zero-order chi connectivity index (χ0) is 15.7. The molecular formula is C15H19BrN2O2S. The highest BCUT2D eigenvalue weighted by Gasteiger charge is 2.42. The summed E-state index contributed by atoms with van der Waals surface area (Å²) in [5.41, 5.74) is -0.0444. The average molecular weight is 371 g/mol. The average Bonchev–Trinajstić information content (AvgIpc) is 2.49. The highest BCUT2D eigenvalue weighted by atomic mass is 79.9. The molecule has 0 amide bonds. The fourth-order valence-corrected chi connectivity index (χ4v) is 4.61. The van der Waals surface area contributed by atoms with Gasteiger partial charge in [0, 0.05) is 11.5 Å². The lowest BCUT2D eigenvalue weighted by Crippen LogP contribution is -2.49. The Hall–Kier alpha value is -0.900. The minimum Gasteiger partial charge on any atom is -0.207 e. The Morgan fingerprint density at radius 1 is 1.29 bits per heavy atom. The molecule has 0 bridgehead atoms. The van der Waals surface area contributed by atoms with Gasteiger partial charge in [-0.1, -0.05) is 35.2 Å². The smallest absolute Gasteiger partial charge is 0.207 e. The molecule has 114 valence electrons. The summed E-state index contributed by atoms with van der Waals surface area (Å²) < 4.78 is 27.8. The first-order valence-corrected chi connectivity index (χ1v) is 9.23. The van der Waals surface area contributed by atoms with Crippen LogP contribution in [0.2, 0.25) is 0 Å². The van der Waals surface area contributed by atoms with E-state index in [1.165, 1.54) is 11.4 Å². The third kappa shape index (κ3) is 3.01. The lowest BCUT2D eigenvalue weighted by atomic mass is 9.83. The quantitative estimate of drug-likeness (QED) is 0.816. The SMILES string of the molecule is Cc1cc(S(=O)(=O)N(C)C2(C#N)CCCCC2)ccc1Br. The molecule has 21 heavy (non-hydrogen) atoms. The van der Waals surface area contributed by atoms with E-state index in [4.69, 9.17) is 0 Å². The second kappa shape index (κ2) is 6.07. The summed E-state index contributed by atoms with van der Waals surface area (Å²) in [6, 6.07) is 7.21. The summed E-state index contributed by atoms with van der Waals surface area (Å²) in [5.74, 6) is 0. The van der Waals surface area contributed by atoms with E-state index < -0.39 is 15.6 Å². The molecule has 2 rings (SSSR count). The van der Waals surface area contributed by atoms with Crippen LogP contribution in [0.15, 0.2) is 27.6 Å². The van der Waals surface area contributed by atoms with Gasteiger partial charge in [-0.2, -0.15) is 9.57 Å². The molecule has 1 aliphatic rings. The molecule has 0 N–H and O–H groups in total. The van der Waals surface area contributed by atoms with Gasteiger partial charge < -0.3 is 0 Å². The number of nitrogens with zero attached hydrogens (tertiary/aromatic N) is 2. The number of nitriles is 1. The highest BCUT2D eigenvalue weighted by molar-refractivity contribution is 9.10. The van der Waals surface area contributed by atoms with Gasteiger partial charge in [0.1, 0.15) is 5.54 Å². The maximum atomic E-state index is 12.8. The number of hydrogen-bond donors (Lipinski definition) is 0. The van der Waals surface area contributed by atoms with Crippen LogP contribution in [0.3, 0.4) is 0 Å². The van der Waals surface area contributed by atoms with Gasteiger partial charge >= 0.3 is 0 Å². The molecule has 0 radical (unpaired) electrons. The number of benzene rings is 1. The Balaban J connectivity index is 2.42. The van der Waals surface area contributed by atoms with Crippen LogP contribution >= 0.6 is 15.9 Å². The van der Waals surface area contributed by atoms with Gasteiger partial charge in [-0.15, -0.1) is 0 Å². The van der Waals surface area contributed by atoms with Crippen LogP contribution in [0.1, 0.15) is 37.7 Å². The van der Waals surface area contributed by atoms with Crippen molar-refractivity contribution in [1.82, 2.24) is 4.31 Å². The van der Waals surface area contributed by atoms with Gasteiger partial charge in [0.2, 0.25) is 10.0 Å². The van der Waals surface area contributed by atoms with Crippen molar-refractivity contribution in [2.75, 3.05) is 7.05 Å². The molecule has 0 heterocycles. The summed E-state index contributed by atoms with van der Waals surface area (Å²) >= 11 is 3.37. The van der Waals surface area contributed by atoms with Crippen LogP contribution in [0, 0.1) is 18.3 Å². The molecule has 0 saturated heterocycles. The third-order valence-corrected chi connectivity index (χ3v) is 7.09. The van der Waals surface area contributed by atoms with Crippen LogP contribution in [0.25, 0.3) is 0 Å². The van der Waals surface area contributed by atoms with Gasteiger partial charge in [-0.05, 0) is 43.5 Å². The van der Waals surface area contributed by atoms with Gasteiger partial charge in [0.05, 0.1) is 11.0 Å². The monoisotopic (exact) mass is 370 g/mol. The Bertz CT molecular complexity index is 673. The molecule has 0 atom stereocenters. The van der Waals surface area contributed by atoms with E-state index in [0.717, 1.165) is 29.3 Å². The van der Waals surface area contributed by atoms with Gasteiger partial charge in [-0.25, -0.2) is 8.42 Å². The fourth-order valence-electron chi connectivity index (χ4n) is 2.80. The van der Waals surface area contributed by atoms with Crippen LogP contribution in [0.5, 0.6) is 0 Å². The zero-order valence-corrected chi connectivity index (χ0v) is 14.7. The molecule has 4 nitrogen and oxygen atoms in total. The van der Waals surface area contributed by atoms with Crippen molar-refractivity contribution in [3.05, 3.63) is 28.2 Å². The van der Waals surface area contributed by atoms with Gasteiger partial charge in [-0.3, -0.25) is 0 Å². The molecule has 1 aromatic carbocycles. The molecule has 0 aliphatic heterocycles. The standard InChI is InChI=1S/C15H19BrN2O2S/c1-12-10-13(6-7-14(12)16)21(19,20)18(2)15(11-17)8-4-3-5-9-15/h6-7,10H,3-5,8-9H2,1-2H3. The molecule has 1 saturated carbocycles. The van der Waals surface area contributed by atoms with Crippen molar-refractivity contribution in [3.63, 3.8) is 0 Å². The Kier molecular flexibility index (Phi) is 4.76. The molecule has 0 spiro atoms. The summed E-state index contributed by atoms with van der Waals surface area (Å²) in [4.78, 5) is 0.242. The number of hydrogen-bond acceptors (Lipinski definition) is 3. The van der Waals surface area contributed by atoms with Crippen LogP contribution in [0.4, 0.5) is 0 Å². The summed E-state index contributed by atoms with van der Waals surface area (Å²) in [5, 5.41) is 9.56. The maximum absolute atomic E-state index is 12.8. The van der Waals surface area contributed by atoms with Crippen molar-refractivity contribution in [2.45, 2.75) is 49.5 Å². The molecule has 1 aromatic rings. The summed E-state index contributed by atoms with van der Waals surface area (Å²) in [7, 11) is -2.13. The fraction of sp³-hybridized carbons (Fsp3) is 0.533. The topological polar surface area (TPSA) is 61.2 Å². The predicted molar refractivity (Wildman–Crippen MR) is 85.3 cm³/mol. The van der Waals surface area contributed by atoms with Crippen molar-refractivity contribution < 1.29 is 8.42 Å². The predicted octanol–water partition coefficient (Wildman–Crippen LogP) is 3.60. The third-order valence-electron chi connectivity index (χ3n) is 4.28. The van der Waals surface area contributed by atoms with E-state index in [9.17, 15) is 13.7 Å². The summed E-state index contributed by atoms with van der Waals surface area (Å²) in [6.45, 7) is 1.85. The van der Waals surface area contributed by atoms with E-state index in [-0.39, 0.29) is 4.90 Å². The molecule has 1 fully saturated rings. The van der Waals surface area contributed by atoms with Crippen molar-refractivity contribution in [1.29, 1.82) is 5.26 Å². The Morgan fingerprint density at radius 3 is 2.43 bits per heavy atom. The Morgan fingerprint density at radius 2 is 1.90 bits per heavy atom. The summed E-state index contributed by atoms with van der Waals surface area (Å²) in [6.07, 6.45) is 4.07. The Labute approximate surface area is 134 Å². The number of halogens is 1. The number of sulfonamides is 1. The van der Waals surface area contributed by atoms with Crippen molar-refractivity contribution >= 4 is 26.0 Å². The van der Waals surface area contributed by atoms with Crippen molar-refractivity contribution in [2.24, 2.45) is 0 Å².